The van der Waals surface area contributed by atoms with Crippen LogP contribution in [0.15, 0.2) is 0 Å². The first kappa shape index (κ1) is 13.5. The Labute approximate surface area is 113 Å². The molecule has 1 atom stereocenters. The summed E-state index contributed by atoms with van der Waals surface area (Å²) in [7, 11) is 0. The minimum atomic E-state index is 0.225. The smallest absolute Gasteiger partial charge is 0.225 e. The van der Waals surface area contributed by atoms with Crippen molar-refractivity contribution in [2.45, 2.75) is 49.7 Å². The van der Waals surface area contributed by atoms with Gasteiger partial charge in [-0.2, -0.15) is 11.8 Å². The van der Waals surface area contributed by atoms with Crippen LogP contribution in [0.25, 0.3) is 0 Å². The Balaban J connectivity index is 1.87. The molecule has 0 aromatic rings. The lowest BCUT2D eigenvalue weighted by Crippen LogP contribution is -2.44. The van der Waals surface area contributed by atoms with Crippen molar-refractivity contribution in [3.05, 3.63) is 0 Å². The first-order chi connectivity index (χ1) is 8.20. The molecule has 0 spiro atoms. The number of hydrogen-bond donors (Lipinski definition) is 0. The quantitative estimate of drug-likeness (QED) is 0.738. The van der Waals surface area contributed by atoms with Gasteiger partial charge >= 0.3 is 0 Å². The van der Waals surface area contributed by atoms with Crippen LogP contribution in [0.2, 0.25) is 0 Å². The number of carbonyl (C=O) groups is 1. The molecule has 1 aliphatic carbocycles. The Hall–Kier alpha value is 0.110. The Morgan fingerprint density at radius 3 is 2.82 bits per heavy atom. The number of thioether (sulfide) groups is 1. The summed E-state index contributed by atoms with van der Waals surface area (Å²) in [6.07, 6.45) is 5.49. The van der Waals surface area contributed by atoms with Crippen molar-refractivity contribution in [1.82, 2.24) is 4.90 Å². The SMILES string of the molecule is CCSC1CCCCN(C(=O)C2CC(Cl)C2)C1. The van der Waals surface area contributed by atoms with Crippen molar-refractivity contribution in [2.75, 3.05) is 18.8 Å². The highest BCUT2D eigenvalue weighted by atomic mass is 35.5. The molecule has 0 bridgehead atoms. The van der Waals surface area contributed by atoms with Crippen molar-refractivity contribution in [3.8, 4) is 0 Å². The van der Waals surface area contributed by atoms with Gasteiger partial charge < -0.3 is 4.90 Å². The van der Waals surface area contributed by atoms with E-state index in [9.17, 15) is 4.79 Å². The second-order valence-corrected chi connectivity index (χ2v) is 7.32. The first-order valence-corrected chi connectivity index (χ1v) is 8.23. The third-order valence-electron chi connectivity index (χ3n) is 3.77. The van der Waals surface area contributed by atoms with Crippen LogP contribution >= 0.6 is 23.4 Å². The Bertz CT molecular complexity index is 268. The van der Waals surface area contributed by atoms with Crippen molar-refractivity contribution >= 4 is 29.3 Å². The highest BCUT2D eigenvalue weighted by Gasteiger charge is 2.36. The van der Waals surface area contributed by atoms with E-state index in [1.807, 2.05) is 11.8 Å². The lowest BCUT2D eigenvalue weighted by molar-refractivity contribution is -0.137. The van der Waals surface area contributed by atoms with Crippen LogP contribution in [0.3, 0.4) is 0 Å². The first-order valence-electron chi connectivity index (χ1n) is 6.75. The number of rotatable bonds is 3. The second-order valence-electron chi connectivity index (χ2n) is 5.12. The predicted octanol–water partition coefficient (Wildman–Crippen LogP) is 3.14. The van der Waals surface area contributed by atoms with E-state index < -0.39 is 0 Å². The van der Waals surface area contributed by atoms with Gasteiger partial charge in [0.1, 0.15) is 0 Å². The highest BCUT2D eigenvalue weighted by molar-refractivity contribution is 7.99. The standard InChI is InChI=1S/C13H22ClNOS/c1-2-17-12-5-3-4-6-15(9-12)13(16)10-7-11(14)8-10/h10-12H,2-9H2,1H3. The van der Waals surface area contributed by atoms with Gasteiger partial charge in [0.15, 0.2) is 0 Å². The third kappa shape index (κ3) is 3.54. The molecule has 2 fully saturated rings. The van der Waals surface area contributed by atoms with Crippen LogP contribution in [-0.4, -0.2) is 40.3 Å². The molecule has 2 nitrogen and oxygen atoms in total. The van der Waals surface area contributed by atoms with Gasteiger partial charge in [-0.25, -0.2) is 0 Å². The van der Waals surface area contributed by atoms with E-state index in [4.69, 9.17) is 11.6 Å². The molecule has 0 aromatic carbocycles. The molecule has 4 heteroatoms. The zero-order chi connectivity index (χ0) is 12.3. The van der Waals surface area contributed by atoms with E-state index in [1.165, 1.54) is 19.3 Å². The average molecular weight is 276 g/mol. The van der Waals surface area contributed by atoms with Crippen LogP contribution in [0, 0.1) is 5.92 Å². The van der Waals surface area contributed by atoms with Crippen molar-refractivity contribution in [1.29, 1.82) is 0 Å². The molecule has 2 rings (SSSR count). The number of likely N-dealkylation sites (tertiary alicyclic amines) is 1. The molecule has 0 radical (unpaired) electrons. The summed E-state index contributed by atoms with van der Waals surface area (Å²) in [5.74, 6) is 1.74. The van der Waals surface area contributed by atoms with Crippen LogP contribution < -0.4 is 0 Å². The van der Waals surface area contributed by atoms with Crippen molar-refractivity contribution in [2.24, 2.45) is 5.92 Å². The van der Waals surface area contributed by atoms with Crippen molar-refractivity contribution < 1.29 is 4.79 Å². The minimum Gasteiger partial charge on any atom is -0.341 e. The van der Waals surface area contributed by atoms with E-state index in [2.05, 4.69) is 11.8 Å². The predicted molar refractivity (Wildman–Crippen MR) is 74.7 cm³/mol. The zero-order valence-corrected chi connectivity index (χ0v) is 12.1. The minimum absolute atomic E-state index is 0.225. The fourth-order valence-corrected chi connectivity index (χ4v) is 4.20. The Morgan fingerprint density at radius 1 is 1.41 bits per heavy atom. The molecular weight excluding hydrogens is 254 g/mol. The maximum absolute atomic E-state index is 12.3. The number of nitrogens with zero attached hydrogens (tertiary/aromatic N) is 1. The molecular formula is C13H22ClNOS. The monoisotopic (exact) mass is 275 g/mol. The molecule has 1 heterocycles. The molecule has 17 heavy (non-hydrogen) atoms. The topological polar surface area (TPSA) is 20.3 Å². The van der Waals surface area contributed by atoms with Crippen LogP contribution in [0.5, 0.6) is 0 Å². The fraction of sp³-hybridized carbons (Fsp3) is 0.923. The molecule has 0 N–H and O–H groups in total. The van der Waals surface area contributed by atoms with Crippen LogP contribution in [0.4, 0.5) is 0 Å². The zero-order valence-electron chi connectivity index (χ0n) is 10.5. The molecule has 1 saturated heterocycles. The number of alkyl halides is 1. The summed E-state index contributed by atoms with van der Waals surface area (Å²) in [4.78, 5) is 14.4. The van der Waals surface area contributed by atoms with Gasteiger partial charge in [-0.05, 0) is 31.4 Å². The van der Waals surface area contributed by atoms with Gasteiger partial charge in [-0.1, -0.05) is 13.3 Å². The number of halogens is 1. The molecule has 1 amide bonds. The van der Waals surface area contributed by atoms with E-state index in [1.54, 1.807) is 0 Å². The number of amides is 1. The molecule has 0 aromatic heterocycles. The van der Waals surface area contributed by atoms with Gasteiger partial charge in [0.2, 0.25) is 5.91 Å². The lowest BCUT2D eigenvalue weighted by atomic mass is 9.83. The molecule has 1 unspecified atom stereocenters. The normalized spacial score (nSPS) is 34.0. The molecule has 1 saturated carbocycles. The fourth-order valence-electron chi connectivity index (χ4n) is 2.68. The second kappa shape index (κ2) is 6.33. The number of hydrogen-bond acceptors (Lipinski definition) is 2. The van der Waals surface area contributed by atoms with Gasteiger partial charge in [-0.3, -0.25) is 4.79 Å². The third-order valence-corrected chi connectivity index (χ3v) is 5.32. The van der Waals surface area contributed by atoms with Crippen LogP contribution in [-0.2, 0) is 4.79 Å². The summed E-state index contributed by atoms with van der Waals surface area (Å²) in [6, 6.07) is 0. The maximum Gasteiger partial charge on any atom is 0.225 e. The molecule has 1 aliphatic heterocycles. The van der Waals surface area contributed by atoms with Crippen molar-refractivity contribution in [3.63, 3.8) is 0 Å². The highest BCUT2D eigenvalue weighted by Crippen LogP contribution is 2.34. The lowest BCUT2D eigenvalue weighted by Gasteiger charge is -2.35. The van der Waals surface area contributed by atoms with Gasteiger partial charge in [0, 0.05) is 29.6 Å². The summed E-state index contributed by atoms with van der Waals surface area (Å²) in [5.41, 5.74) is 0. The van der Waals surface area contributed by atoms with Gasteiger partial charge in [0.05, 0.1) is 0 Å². The summed E-state index contributed by atoms with van der Waals surface area (Å²) in [5, 5.41) is 0.898. The Morgan fingerprint density at radius 2 is 2.18 bits per heavy atom. The van der Waals surface area contributed by atoms with E-state index >= 15 is 0 Å². The van der Waals surface area contributed by atoms with E-state index in [0.717, 1.165) is 31.7 Å². The van der Waals surface area contributed by atoms with Crippen LogP contribution in [0.1, 0.15) is 39.0 Å². The average Bonchev–Trinajstić information content (AvgIpc) is 2.50. The Kier molecular flexibility index (Phi) is 5.04. The molecule has 2 aliphatic rings. The van der Waals surface area contributed by atoms with E-state index in [-0.39, 0.29) is 11.3 Å². The van der Waals surface area contributed by atoms with Gasteiger partial charge in [-0.15, -0.1) is 11.6 Å². The molecule has 98 valence electrons. The largest absolute Gasteiger partial charge is 0.341 e. The summed E-state index contributed by atoms with van der Waals surface area (Å²) >= 11 is 7.97. The summed E-state index contributed by atoms with van der Waals surface area (Å²) in [6.45, 7) is 4.12. The maximum atomic E-state index is 12.3. The number of carbonyl (C=O) groups excluding carboxylic acids is 1. The van der Waals surface area contributed by atoms with Gasteiger partial charge in [0.25, 0.3) is 0 Å². The van der Waals surface area contributed by atoms with E-state index in [0.29, 0.717) is 11.2 Å². The summed E-state index contributed by atoms with van der Waals surface area (Å²) < 4.78 is 0.